The van der Waals surface area contributed by atoms with E-state index >= 15 is 0 Å². The van der Waals surface area contributed by atoms with Crippen molar-refractivity contribution in [3.05, 3.63) is 34.9 Å². The summed E-state index contributed by atoms with van der Waals surface area (Å²) in [5.41, 5.74) is 9.12. The minimum Gasteiger partial charge on any atom is -0.348 e. The number of amides is 1. The van der Waals surface area contributed by atoms with E-state index in [1.165, 1.54) is 11.1 Å². The summed E-state index contributed by atoms with van der Waals surface area (Å²) in [6.07, 6.45) is 0. The fraction of sp³-hybridized carbons (Fsp3) is 0.462. The van der Waals surface area contributed by atoms with Crippen molar-refractivity contribution in [3.63, 3.8) is 0 Å². The molecule has 1 aromatic rings. The molecule has 0 heterocycles. The number of benzene rings is 1. The molecule has 2 atom stereocenters. The van der Waals surface area contributed by atoms with Crippen LogP contribution in [0.4, 0.5) is 0 Å². The maximum absolute atomic E-state index is 11.5. The topological polar surface area (TPSA) is 55.1 Å². The van der Waals surface area contributed by atoms with E-state index in [4.69, 9.17) is 5.73 Å². The third-order valence-electron chi connectivity index (χ3n) is 2.89. The molecule has 16 heavy (non-hydrogen) atoms. The number of carbonyl (C=O) groups excluding carboxylic acids is 1. The summed E-state index contributed by atoms with van der Waals surface area (Å²) in [6, 6.07) is 5.64. The van der Waals surface area contributed by atoms with Crippen LogP contribution in [-0.2, 0) is 4.79 Å². The van der Waals surface area contributed by atoms with Gasteiger partial charge >= 0.3 is 0 Å². The van der Waals surface area contributed by atoms with Crippen LogP contribution < -0.4 is 11.1 Å². The first kappa shape index (κ1) is 12.7. The van der Waals surface area contributed by atoms with E-state index in [-0.39, 0.29) is 11.9 Å². The molecule has 0 bridgehead atoms. The molecule has 0 radical (unpaired) electrons. The Morgan fingerprint density at radius 1 is 1.31 bits per heavy atom. The molecule has 0 aromatic heterocycles. The highest BCUT2D eigenvalue weighted by Crippen LogP contribution is 2.19. The molecule has 0 saturated heterocycles. The molecule has 0 spiro atoms. The van der Waals surface area contributed by atoms with Crippen LogP contribution in [0.1, 0.15) is 36.6 Å². The van der Waals surface area contributed by atoms with Gasteiger partial charge in [-0.05, 0) is 44.4 Å². The van der Waals surface area contributed by atoms with E-state index in [1.54, 1.807) is 6.92 Å². The van der Waals surface area contributed by atoms with Gasteiger partial charge in [0, 0.05) is 0 Å². The highest BCUT2D eigenvalue weighted by molar-refractivity contribution is 5.81. The number of hydrogen-bond donors (Lipinski definition) is 2. The maximum atomic E-state index is 11.5. The van der Waals surface area contributed by atoms with E-state index in [2.05, 4.69) is 25.2 Å². The van der Waals surface area contributed by atoms with E-state index in [9.17, 15) is 4.79 Å². The van der Waals surface area contributed by atoms with Crippen LogP contribution in [0, 0.1) is 13.8 Å². The third kappa shape index (κ3) is 2.83. The molecule has 0 aliphatic rings. The number of hydrogen-bond acceptors (Lipinski definition) is 2. The lowest BCUT2D eigenvalue weighted by Crippen LogP contribution is -2.39. The van der Waals surface area contributed by atoms with Gasteiger partial charge in [0.2, 0.25) is 5.91 Å². The van der Waals surface area contributed by atoms with Crippen LogP contribution in [0.3, 0.4) is 0 Å². The molecule has 1 unspecified atom stereocenters. The van der Waals surface area contributed by atoms with Crippen LogP contribution in [0.25, 0.3) is 0 Å². The third-order valence-corrected chi connectivity index (χ3v) is 2.89. The van der Waals surface area contributed by atoms with Crippen LogP contribution in [0.2, 0.25) is 0 Å². The Morgan fingerprint density at radius 2 is 1.94 bits per heavy atom. The predicted molar refractivity (Wildman–Crippen MR) is 66.1 cm³/mol. The second-order valence-corrected chi connectivity index (χ2v) is 4.31. The van der Waals surface area contributed by atoms with Crippen molar-refractivity contribution in [2.45, 2.75) is 39.8 Å². The average Bonchev–Trinajstić information content (AvgIpc) is 2.21. The fourth-order valence-electron chi connectivity index (χ4n) is 1.67. The van der Waals surface area contributed by atoms with Gasteiger partial charge in [0.05, 0.1) is 12.1 Å². The van der Waals surface area contributed by atoms with Gasteiger partial charge in [-0.15, -0.1) is 0 Å². The molecular formula is C13H20N2O. The van der Waals surface area contributed by atoms with Crippen molar-refractivity contribution >= 4 is 5.91 Å². The molecule has 1 rings (SSSR count). The number of nitrogens with two attached hydrogens (primary N) is 1. The lowest BCUT2D eigenvalue weighted by Gasteiger charge is -2.19. The van der Waals surface area contributed by atoms with Crippen molar-refractivity contribution in [2.75, 3.05) is 0 Å². The predicted octanol–water partition coefficient (Wildman–Crippen LogP) is 1.83. The standard InChI is InChI=1S/C13H20N2O/c1-8-6-5-7-12(9(8)2)11(4)15-13(16)10(3)14/h5-7,10-11H,14H2,1-4H3,(H,15,16)/t10-,11?/m1/s1. The van der Waals surface area contributed by atoms with Crippen LogP contribution in [0.15, 0.2) is 18.2 Å². The Balaban J connectivity index is 2.85. The van der Waals surface area contributed by atoms with Gasteiger partial charge < -0.3 is 11.1 Å². The first-order chi connectivity index (χ1) is 7.43. The molecule has 0 fully saturated rings. The largest absolute Gasteiger partial charge is 0.348 e. The molecule has 0 saturated carbocycles. The summed E-state index contributed by atoms with van der Waals surface area (Å²) in [7, 11) is 0. The lowest BCUT2D eigenvalue weighted by molar-refractivity contribution is -0.122. The van der Waals surface area contributed by atoms with Gasteiger partial charge in [-0.2, -0.15) is 0 Å². The van der Waals surface area contributed by atoms with Crippen molar-refractivity contribution in [2.24, 2.45) is 5.73 Å². The van der Waals surface area contributed by atoms with E-state index < -0.39 is 6.04 Å². The van der Waals surface area contributed by atoms with Gasteiger partial charge in [0.1, 0.15) is 0 Å². The molecular weight excluding hydrogens is 200 g/mol. The summed E-state index contributed by atoms with van der Waals surface area (Å²) < 4.78 is 0. The van der Waals surface area contributed by atoms with Gasteiger partial charge in [0.25, 0.3) is 0 Å². The normalized spacial score (nSPS) is 14.3. The molecule has 3 N–H and O–H groups in total. The number of aryl methyl sites for hydroxylation is 1. The first-order valence-corrected chi connectivity index (χ1v) is 5.55. The molecule has 3 nitrogen and oxygen atoms in total. The molecule has 0 aliphatic carbocycles. The number of nitrogens with one attached hydrogen (secondary N) is 1. The first-order valence-electron chi connectivity index (χ1n) is 5.55. The highest BCUT2D eigenvalue weighted by Gasteiger charge is 2.14. The number of carbonyl (C=O) groups is 1. The Labute approximate surface area is 97.0 Å². The molecule has 3 heteroatoms. The van der Waals surface area contributed by atoms with Gasteiger partial charge in [-0.25, -0.2) is 0 Å². The fourth-order valence-corrected chi connectivity index (χ4v) is 1.67. The summed E-state index contributed by atoms with van der Waals surface area (Å²) in [6.45, 7) is 7.80. The van der Waals surface area contributed by atoms with E-state index in [0.29, 0.717) is 0 Å². The van der Waals surface area contributed by atoms with Crippen LogP contribution in [-0.4, -0.2) is 11.9 Å². The van der Waals surface area contributed by atoms with E-state index in [1.807, 2.05) is 19.1 Å². The Hall–Kier alpha value is -1.35. The summed E-state index contributed by atoms with van der Waals surface area (Å²) in [5.74, 6) is -0.117. The minimum absolute atomic E-state index is 0.00148. The van der Waals surface area contributed by atoms with E-state index in [0.717, 1.165) is 5.56 Å². The molecule has 1 aromatic carbocycles. The Morgan fingerprint density at radius 3 is 2.50 bits per heavy atom. The van der Waals surface area contributed by atoms with Crippen molar-refractivity contribution < 1.29 is 4.79 Å². The summed E-state index contributed by atoms with van der Waals surface area (Å²) >= 11 is 0. The SMILES string of the molecule is Cc1cccc(C(C)NC(=O)[C@@H](C)N)c1C. The molecule has 0 aliphatic heterocycles. The zero-order valence-electron chi connectivity index (χ0n) is 10.4. The second-order valence-electron chi connectivity index (χ2n) is 4.31. The minimum atomic E-state index is -0.465. The maximum Gasteiger partial charge on any atom is 0.237 e. The molecule has 1 amide bonds. The Kier molecular flexibility index (Phi) is 4.07. The van der Waals surface area contributed by atoms with Crippen LogP contribution in [0.5, 0.6) is 0 Å². The van der Waals surface area contributed by atoms with Gasteiger partial charge in [-0.3, -0.25) is 4.79 Å². The zero-order valence-corrected chi connectivity index (χ0v) is 10.4. The number of rotatable bonds is 3. The van der Waals surface area contributed by atoms with Gasteiger partial charge in [0.15, 0.2) is 0 Å². The Bertz CT molecular complexity index is 386. The monoisotopic (exact) mass is 220 g/mol. The quantitative estimate of drug-likeness (QED) is 0.816. The van der Waals surface area contributed by atoms with Crippen LogP contribution >= 0.6 is 0 Å². The summed E-state index contributed by atoms with van der Waals surface area (Å²) in [4.78, 5) is 11.5. The van der Waals surface area contributed by atoms with Crippen molar-refractivity contribution in [3.8, 4) is 0 Å². The lowest BCUT2D eigenvalue weighted by atomic mass is 9.98. The van der Waals surface area contributed by atoms with Crippen molar-refractivity contribution in [1.29, 1.82) is 0 Å². The highest BCUT2D eigenvalue weighted by atomic mass is 16.2. The second kappa shape index (κ2) is 5.12. The summed E-state index contributed by atoms with van der Waals surface area (Å²) in [5, 5.41) is 2.90. The molecule has 88 valence electrons. The van der Waals surface area contributed by atoms with Gasteiger partial charge in [-0.1, -0.05) is 18.2 Å². The smallest absolute Gasteiger partial charge is 0.237 e. The van der Waals surface area contributed by atoms with Crippen molar-refractivity contribution in [1.82, 2.24) is 5.32 Å². The average molecular weight is 220 g/mol. The zero-order chi connectivity index (χ0) is 12.3.